The monoisotopic (exact) mass is 277 g/mol. The molecule has 0 spiro atoms. The molecule has 1 aliphatic rings. The molecule has 2 rings (SSSR count). The van der Waals surface area contributed by atoms with Gasteiger partial charge in [0.05, 0.1) is 5.69 Å². The van der Waals surface area contributed by atoms with Gasteiger partial charge in [-0.3, -0.25) is 0 Å². The highest BCUT2D eigenvalue weighted by atomic mass is 15.1. The summed E-state index contributed by atoms with van der Waals surface area (Å²) in [6, 6.07) is 0. The maximum atomic E-state index is 6.43. The molecule has 3 nitrogen and oxygen atoms in total. The second kappa shape index (κ2) is 7.14. The van der Waals surface area contributed by atoms with E-state index in [2.05, 4.69) is 25.3 Å². The average molecular weight is 277 g/mol. The number of hydrogen-bond acceptors (Lipinski definition) is 2. The van der Waals surface area contributed by atoms with E-state index in [9.17, 15) is 0 Å². The molecule has 20 heavy (non-hydrogen) atoms. The molecule has 3 heteroatoms. The van der Waals surface area contributed by atoms with Gasteiger partial charge in [-0.25, -0.2) is 4.98 Å². The number of nitrogens with zero attached hydrogens (tertiary/aromatic N) is 2. The Balaban J connectivity index is 2.31. The van der Waals surface area contributed by atoms with Crippen molar-refractivity contribution in [3.05, 3.63) is 11.5 Å². The van der Waals surface area contributed by atoms with Crippen molar-refractivity contribution in [3.8, 4) is 0 Å². The Morgan fingerprint density at radius 1 is 1.25 bits per heavy atom. The highest BCUT2D eigenvalue weighted by Crippen LogP contribution is 2.36. The molecule has 1 atom stereocenters. The van der Waals surface area contributed by atoms with E-state index in [-0.39, 0.29) is 0 Å². The summed E-state index contributed by atoms with van der Waals surface area (Å²) in [4.78, 5) is 5.00. The summed E-state index contributed by atoms with van der Waals surface area (Å²) in [5.74, 6) is 3.33. The topological polar surface area (TPSA) is 43.8 Å². The molecular weight excluding hydrogens is 246 g/mol. The first-order chi connectivity index (χ1) is 9.69. The molecule has 0 aliphatic heterocycles. The first-order valence-electron chi connectivity index (χ1n) is 8.54. The van der Waals surface area contributed by atoms with Crippen LogP contribution in [0.4, 0.5) is 5.82 Å². The van der Waals surface area contributed by atoms with Crippen LogP contribution in [0.15, 0.2) is 0 Å². The Morgan fingerprint density at radius 2 is 1.95 bits per heavy atom. The van der Waals surface area contributed by atoms with E-state index in [0.717, 1.165) is 24.5 Å². The Labute approximate surface area is 124 Å². The molecular formula is C17H31N3. The molecule has 1 heterocycles. The highest BCUT2D eigenvalue weighted by Gasteiger charge is 2.25. The number of anilines is 1. The van der Waals surface area contributed by atoms with E-state index < -0.39 is 0 Å². The number of rotatable bonds is 6. The van der Waals surface area contributed by atoms with Crippen molar-refractivity contribution in [2.45, 2.75) is 90.5 Å². The summed E-state index contributed by atoms with van der Waals surface area (Å²) in [5, 5.41) is 0. The Bertz CT molecular complexity index is 416. The zero-order chi connectivity index (χ0) is 14.5. The van der Waals surface area contributed by atoms with Crippen LogP contribution in [0.25, 0.3) is 0 Å². The molecule has 0 bridgehead atoms. The van der Waals surface area contributed by atoms with Crippen LogP contribution in [0.2, 0.25) is 0 Å². The van der Waals surface area contributed by atoms with Crippen molar-refractivity contribution in [2.24, 2.45) is 0 Å². The van der Waals surface area contributed by atoms with Gasteiger partial charge in [-0.05, 0) is 25.7 Å². The minimum Gasteiger partial charge on any atom is -0.384 e. The zero-order valence-electron chi connectivity index (χ0n) is 13.5. The summed E-state index contributed by atoms with van der Waals surface area (Å²) in [6.07, 6.45) is 10.2. The SMILES string of the molecule is CCCCn1c(C2CCCCC2)nc(C(C)CC)c1N. The molecule has 1 aromatic rings. The second-order valence-corrected chi connectivity index (χ2v) is 6.39. The number of imidazole rings is 1. The summed E-state index contributed by atoms with van der Waals surface area (Å²) in [6.45, 7) is 7.74. The van der Waals surface area contributed by atoms with Crippen LogP contribution in [-0.2, 0) is 6.54 Å². The summed E-state index contributed by atoms with van der Waals surface area (Å²) >= 11 is 0. The van der Waals surface area contributed by atoms with Crippen molar-refractivity contribution in [1.82, 2.24) is 9.55 Å². The second-order valence-electron chi connectivity index (χ2n) is 6.39. The third kappa shape index (κ3) is 3.18. The lowest BCUT2D eigenvalue weighted by atomic mass is 9.88. The van der Waals surface area contributed by atoms with Gasteiger partial charge in [0, 0.05) is 18.4 Å². The standard InChI is InChI=1S/C17H31N3/c1-4-6-12-20-16(18)15(13(3)5-2)19-17(20)14-10-8-7-9-11-14/h13-14H,4-12,18H2,1-3H3. The van der Waals surface area contributed by atoms with E-state index in [1.54, 1.807) is 0 Å². The summed E-state index contributed by atoms with van der Waals surface area (Å²) < 4.78 is 2.33. The van der Waals surface area contributed by atoms with Crippen molar-refractivity contribution < 1.29 is 0 Å². The third-order valence-electron chi connectivity index (χ3n) is 4.85. The van der Waals surface area contributed by atoms with Gasteiger partial charge in [0.2, 0.25) is 0 Å². The van der Waals surface area contributed by atoms with Gasteiger partial charge in [-0.2, -0.15) is 0 Å². The number of aromatic nitrogens is 2. The van der Waals surface area contributed by atoms with Crippen LogP contribution in [0.3, 0.4) is 0 Å². The molecule has 2 N–H and O–H groups in total. The summed E-state index contributed by atoms with van der Waals surface area (Å²) in [5.41, 5.74) is 7.57. The smallest absolute Gasteiger partial charge is 0.127 e. The molecule has 0 radical (unpaired) electrons. The number of nitrogens with two attached hydrogens (primary N) is 1. The lowest BCUT2D eigenvalue weighted by Gasteiger charge is -2.22. The fraction of sp³-hybridized carbons (Fsp3) is 0.824. The van der Waals surface area contributed by atoms with E-state index in [4.69, 9.17) is 10.7 Å². The zero-order valence-corrected chi connectivity index (χ0v) is 13.5. The fourth-order valence-corrected chi connectivity index (χ4v) is 3.28. The average Bonchev–Trinajstić information content (AvgIpc) is 2.82. The number of unbranched alkanes of at least 4 members (excludes halogenated alkanes) is 1. The minimum absolute atomic E-state index is 0.472. The van der Waals surface area contributed by atoms with Gasteiger partial charge in [0.1, 0.15) is 11.6 Å². The van der Waals surface area contributed by atoms with Crippen LogP contribution in [0.5, 0.6) is 0 Å². The van der Waals surface area contributed by atoms with Gasteiger partial charge < -0.3 is 10.3 Å². The maximum Gasteiger partial charge on any atom is 0.127 e. The Kier molecular flexibility index (Phi) is 5.50. The normalized spacial score (nSPS) is 18.4. The first-order valence-corrected chi connectivity index (χ1v) is 8.54. The maximum absolute atomic E-state index is 6.43. The molecule has 0 aromatic carbocycles. The van der Waals surface area contributed by atoms with Crippen molar-refractivity contribution in [1.29, 1.82) is 0 Å². The first kappa shape index (κ1) is 15.4. The van der Waals surface area contributed by atoms with E-state index in [0.29, 0.717) is 11.8 Å². The van der Waals surface area contributed by atoms with Gasteiger partial charge in [-0.1, -0.05) is 46.5 Å². The van der Waals surface area contributed by atoms with Gasteiger partial charge >= 0.3 is 0 Å². The molecule has 1 fully saturated rings. The van der Waals surface area contributed by atoms with Crippen LogP contribution < -0.4 is 5.73 Å². The molecule has 1 unspecified atom stereocenters. The quantitative estimate of drug-likeness (QED) is 0.809. The number of nitrogen functional groups attached to an aromatic ring is 1. The van der Waals surface area contributed by atoms with Crippen LogP contribution in [0, 0.1) is 0 Å². The van der Waals surface area contributed by atoms with Crippen molar-refractivity contribution in [3.63, 3.8) is 0 Å². The van der Waals surface area contributed by atoms with Crippen LogP contribution >= 0.6 is 0 Å². The molecule has 1 aromatic heterocycles. The third-order valence-corrected chi connectivity index (χ3v) is 4.85. The lowest BCUT2D eigenvalue weighted by molar-refractivity contribution is 0.413. The molecule has 0 amide bonds. The van der Waals surface area contributed by atoms with Crippen molar-refractivity contribution >= 4 is 5.82 Å². The molecule has 0 saturated heterocycles. The Hall–Kier alpha value is -0.990. The van der Waals surface area contributed by atoms with Gasteiger partial charge in [-0.15, -0.1) is 0 Å². The predicted molar refractivity (Wildman–Crippen MR) is 86.1 cm³/mol. The predicted octanol–water partition coefficient (Wildman–Crippen LogP) is 4.83. The number of hydrogen-bond donors (Lipinski definition) is 1. The highest BCUT2D eigenvalue weighted by molar-refractivity contribution is 5.41. The lowest BCUT2D eigenvalue weighted by Crippen LogP contribution is -2.14. The van der Waals surface area contributed by atoms with Crippen LogP contribution in [-0.4, -0.2) is 9.55 Å². The van der Waals surface area contributed by atoms with E-state index in [1.807, 2.05) is 0 Å². The minimum atomic E-state index is 0.472. The van der Waals surface area contributed by atoms with Gasteiger partial charge in [0.15, 0.2) is 0 Å². The Morgan fingerprint density at radius 3 is 2.55 bits per heavy atom. The molecule has 1 aliphatic carbocycles. The van der Waals surface area contributed by atoms with Crippen LogP contribution in [0.1, 0.15) is 95.5 Å². The molecule has 114 valence electrons. The fourth-order valence-electron chi connectivity index (χ4n) is 3.28. The molecule has 1 saturated carbocycles. The largest absolute Gasteiger partial charge is 0.384 e. The van der Waals surface area contributed by atoms with E-state index >= 15 is 0 Å². The van der Waals surface area contributed by atoms with Gasteiger partial charge in [0.25, 0.3) is 0 Å². The summed E-state index contributed by atoms with van der Waals surface area (Å²) in [7, 11) is 0. The van der Waals surface area contributed by atoms with E-state index in [1.165, 1.54) is 50.8 Å². The van der Waals surface area contributed by atoms with Crippen molar-refractivity contribution in [2.75, 3.05) is 5.73 Å².